The zero-order valence-corrected chi connectivity index (χ0v) is 7.31. The number of aryl methyl sites for hydroxylation is 2. The molecule has 1 nitrogen and oxygen atoms in total. The first kappa shape index (κ1) is 8.18. The van der Waals surface area contributed by atoms with Gasteiger partial charge in [-0.2, -0.15) is 0 Å². The first-order valence-electron chi connectivity index (χ1n) is 3.94. The Labute approximate surface area is 68.5 Å². The average molecular weight is 148 g/mol. The molecular weight excluding hydrogens is 135 g/mol. The maximum Gasteiger partial charge on any atom is 0.144 e. The SMILES string of the molecule is Bc1cc(C)cc(CC)c1O. The minimum atomic E-state index is 0.457. The first-order valence-corrected chi connectivity index (χ1v) is 3.94. The Morgan fingerprint density at radius 1 is 1.45 bits per heavy atom. The van der Waals surface area contributed by atoms with Crippen LogP contribution in [0.3, 0.4) is 0 Å². The van der Waals surface area contributed by atoms with Crippen LogP contribution in [0.15, 0.2) is 12.1 Å². The van der Waals surface area contributed by atoms with Crippen LogP contribution in [0, 0.1) is 6.92 Å². The summed E-state index contributed by atoms with van der Waals surface area (Å²) in [5, 5.41) is 9.52. The van der Waals surface area contributed by atoms with Gasteiger partial charge in [0.1, 0.15) is 13.6 Å². The number of phenolic OH excluding ortho intramolecular Hbond substituents is 1. The molecule has 0 radical (unpaired) electrons. The van der Waals surface area contributed by atoms with Crippen LogP contribution in [0.4, 0.5) is 0 Å². The molecule has 1 rings (SSSR count). The van der Waals surface area contributed by atoms with Crippen LogP contribution in [0.1, 0.15) is 18.1 Å². The highest BCUT2D eigenvalue weighted by atomic mass is 16.3. The van der Waals surface area contributed by atoms with Crippen molar-refractivity contribution in [1.29, 1.82) is 0 Å². The third-order valence-corrected chi connectivity index (χ3v) is 1.90. The van der Waals surface area contributed by atoms with Gasteiger partial charge in [0.25, 0.3) is 0 Å². The number of rotatable bonds is 1. The zero-order chi connectivity index (χ0) is 8.43. The van der Waals surface area contributed by atoms with Crippen molar-refractivity contribution in [3.63, 3.8) is 0 Å². The van der Waals surface area contributed by atoms with E-state index in [1.54, 1.807) is 0 Å². The molecule has 0 aromatic heterocycles. The molecule has 1 N–H and O–H groups in total. The maximum atomic E-state index is 9.52. The molecule has 0 saturated heterocycles. The normalized spacial score (nSPS) is 10.0. The standard InChI is InChI=1S/C9H13BO/c1-3-7-4-6(2)5-8(10)9(7)11/h4-5,11H,3,10H2,1-2H3. The van der Waals surface area contributed by atoms with Gasteiger partial charge in [0.15, 0.2) is 0 Å². The van der Waals surface area contributed by atoms with Gasteiger partial charge in [-0.3, -0.25) is 0 Å². The Morgan fingerprint density at radius 3 is 2.64 bits per heavy atom. The highest BCUT2D eigenvalue weighted by Gasteiger charge is 2.01. The van der Waals surface area contributed by atoms with E-state index in [1.165, 1.54) is 5.56 Å². The minimum absolute atomic E-state index is 0.457. The Morgan fingerprint density at radius 2 is 2.09 bits per heavy atom. The lowest BCUT2D eigenvalue weighted by Crippen LogP contribution is -2.05. The summed E-state index contributed by atoms with van der Waals surface area (Å²) in [5.74, 6) is 0.457. The summed E-state index contributed by atoms with van der Waals surface area (Å²) in [7, 11) is 1.93. The van der Waals surface area contributed by atoms with Gasteiger partial charge in [-0.25, -0.2) is 0 Å². The number of benzene rings is 1. The molecule has 0 atom stereocenters. The molecule has 2 heteroatoms. The van der Waals surface area contributed by atoms with E-state index in [-0.39, 0.29) is 0 Å². The topological polar surface area (TPSA) is 20.2 Å². The molecule has 58 valence electrons. The number of phenols is 1. The van der Waals surface area contributed by atoms with Gasteiger partial charge in [0.05, 0.1) is 0 Å². The fourth-order valence-corrected chi connectivity index (χ4v) is 1.32. The van der Waals surface area contributed by atoms with Crippen LogP contribution < -0.4 is 5.46 Å². The van der Waals surface area contributed by atoms with Gasteiger partial charge in [0, 0.05) is 0 Å². The Kier molecular flexibility index (Phi) is 2.23. The molecule has 0 saturated carbocycles. The van der Waals surface area contributed by atoms with Crippen LogP contribution in [-0.2, 0) is 6.42 Å². The molecule has 0 fully saturated rings. The number of hydrogen-bond donors (Lipinski definition) is 1. The predicted octanol–water partition coefficient (Wildman–Crippen LogP) is 0.521. The Hall–Kier alpha value is -0.915. The van der Waals surface area contributed by atoms with E-state index >= 15 is 0 Å². The van der Waals surface area contributed by atoms with E-state index in [0.717, 1.165) is 17.4 Å². The lowest BCUT2D eigenvalue weighted by molar-refractivity contribution is 0.473. The molecule has 0 unspecified atom stereocenters. The molecule has 0 amide bonds. The van der Waals surface area contributed by atoms with Crippen molar-refractivity contribution in [3.8, 4) is 5.75 Å². The van der Waals surface area contributed by atoms with E-state index in [4.69, 9.17) is 0 Å². The molecule has 0 aliphatic heterocycles. The van der Waals surface area contributed by atoms with Crippen molar-refractivity contribution in [3.05, 3.63) is 23.3 Å². The van der Waals surface area contributed by atoms with Crippen LogP contribution in [0.25, 0.3) is 0 Å². The number of aromatic hydroxyl groups is 1. The summed E-state index contributed by atoms with van der Waals surface area (Å²) in [6, 6.07) is 4.02. The molecule has 0 spiro atoms. The number of hydrogen-bond acceptors (Lipinski definition) is 1. The van der Waals surface area contributed by atoms with Gasteiger partial charge >= 0.3 is 0 Å². The van der Waals surface area contributed by atoms with Gasteiger partial charge in [-0.05, 0) is 24.4 Å². The quantitative estimate of drug-likeness (QED) is 0.575. The smallest absolute Gasteiger partial charge is 0.144 e. The van der Waals surface area contributed by atoms with E-state index < -0.39 is 0 Å². The minimum Gasteiger partial charge on any atom is -0.508 e. The molecule has 0 aliphatic carbocycles. The monoisotopic (exact) mass is 148 g/mol. The van der Waals surface area contributed by atoms with Gasteiger partial charge < -0.3 is 5.11 Å². The molecular formula is C9H13BO. The third kappa shape index (κ3) is 1.56. The lowest BCUT2D eigenvalue weighted by Gasteiger charge is -2.06. The van der Waals surface area contributed by atoms with Crippen molar-refractivity contribution < 1.29 is 5.11 Å². The summed E-state index contributed by atoms with van der Waals surface area (Å²) < 4.78 is 0. The fraction of sp³-hybridized carbons (Fsp3) is 0.333. The second-order valence-corrected chi connectivity index (χ2v) is 2.94. The van der Waals surface area contributed by atoms with Gasteiger partial charge in [0.2, 0.25) is 0 Å². The van der Waals surface area contributed by atoms with Crippen molar-refractivity contribution >= 4 is 13.3 Å². The second kappa shape index (κ2) is 2.99. The summed E-state index contributed by atoms with van der Waals surface area (Å²) in [6.45, 7) is 4.10. The van der Waals surface area contributed by atoms with E-state index in [2.05, 4.69) is 0 Å². The van der Waals surface area contributed by atoms with E-state index in [1.807, 2.05) is 33.8 Å². The van der Waals surface area contributed by atoms with Crippen molar-refractivity contribution in [2.45, 2.75) is 20.3 Å². The van der Waals surface area contributed by atoms with Crippen molar-refractivity contribution in [2.75, 3.05) is 0 Å². The third-order valence-electron chi connectivity index (χ3n) is 1.90. The van der Waals surface area contributed by atoms with Crippen LogP contribution in [0.2, 0.25) is 0 Å². The molecule has 1 aromatic rings. The summed E-state index contributed by atoms with van der Waals surface area (Å²) >= 11 is 0. The van der Waals surface area contributed by atoms with Crippen molar-refractivity contribution in [1.82, 2.24) is 0 Å². The lowest BCUT2D eigenvalue weighted by atomic mass is 9.90. The first-order chi connectivity index (χ1) is 5.15. The molecule has 11 heavy (non-hydrogen) atoms. The Balaban J connectivity index is 3.24. The summed E-state index contributed by atoms with van der Waals surface area (Å²) in [4.78, 5) is 0. The van der Waals surface area contributed by atoms with Crippen LogP contribution >= 0.6 is 0 Å². The molecule has 0 bridgehead atoms. The predicted molar refractivity (Wildman–Crippen MR) is 50.4 cm³/mol. The summed E-state index contributed by atoms with van der Waals surface area (Å²) in [6.07, 6.45) is 0.897. The molecule has 0 heterocycles. The van der Waals surface area contributed by atoms with Crippen LogP contribution in [-0.4, -0.2) is 13.0 Å². The molecule has 1 aromatic carbocycles. The Bertz CT molecular complexity index is 269. The highest BCUT2D eigenvalue weighted by molar-refractivity contribution is 6.34. The largest absolute Gasteiger partial charge is 0.508 e. The average Bonchev–Trinajstić information content (AvgIpc) is 1.96. The second-order valence-electron chi connectivity index (χ2n) is 2.94. The molecule has 0 aliphatic rings. The van der Waals surface area contributed by atoms with Crippen molar-refractivity contribution in [2.24, 2.45) is 0 Å². The zero-order valence-electron chi connectivity index (χ0n) is 7.31. The summed E-state index contributed by atoms with van der Waals surface area (Å²) in [5.41, 5.74) is 3.24. The van der Waals surface area contributed by atoms with Crippen LogP contribution in [0.5, 0.6) is 5.75 Å². The fourth-order valence-electron chi connectivity index (χ4n) is 1.32. The van der Waals surface area contributed by atoms with Gasteiger partial charge in [-0.1, -0.05) is 24.6 Å². The van der Waals surface area contributed by atoms with Gasteiger partial charge in [-0.15, -0.1) is 0 Å². The highest BCUT2D eigenvalue weighted by Crippen LogP contribution is 2.15. The maximum absolute atomic E-state index is 9.52. The van der Waals surface area contributed by atoms with E-state index in [9.17, 15) is 5.11 Å². The van der Waals surface area contributed by atoms with E-state index in [0.29, 0.717) is 5.75 Å².